The van der Waals surface area contributed by atoms with Crippen LogP contribution in [-0.4, -0.2) is 35.3 Å². The molecule has 0 unspecified atom stereocenters. The van der Waals surface area contributed by atoms with Crippen LogP contribution in [0.3, 0.4) is 0 Å². The first kappa shape index (κ1) is 14.5. The number of hydrogen-bond acceptors (Lipinski definition) is 5. The van der Waals surface area contributed by atoms with E-state index in [1.807, 2.05) is 6.07 Å². The highest BCUT2D eigenvalue weighted by Crippen LogP contribution is 2.30. The number of aliphatic hydroxyl groups excluding tert-OH is 1. The molecule has 5 nitrogen and oxygen atoms in total. The lowest BCUT2D eigenvalue weighted by Gasteiger charge is -2.20. The van der Waals surface area contributed by atoms with Crippen molar-refractivity contribution in [1.29, 1.82) is 0 Å². The van der Waals surface area contributed by atoms with Crippen LogP contribution in [0.5, 0.6) is 5.88 Å². The highest BCUT2D eigenvalue weighted by molar-refractivity contribution is 5.85. The minimum Gasteiger partial charge on any atom is -0.475 e. The van der Waals surface area contributed by atoms with Gasteiger partial charge in [0, 0.05) is 7.05 Å². The van der Waals surface area contributed by atoms with E-state index in [2.05, 4.69) is 48.2 Å². The highest BCUT2D eigenvalue weighted by atomic mass is 16.5. The third-order valence-corrected chi connectivity index (χ3v) is 3.08. The molecule has 0 aliphatic heterocycles. The SMILES string of the molecule is CNc1nc(OCCO)c2cc(C(C)(C)C)ccc2n1. The van der Waals surface area contributed by atoms with Crippen LogP contribution in [0.1, 0.15) is 26.3 Å². The first-order valence-corrected chi connectivity index (χ1v) is 6.69. The molecule has 5 heteroatoms. The van der Waals surface area contributed by atoms with Gasteiger partial charge in [0.2, 0.25) is 11.8 Å². The van der Waals surface area contributed by atoms with Gasteiger partial charge in [0.15, 0.2) is 0 Å². The number of nitrogens with one attached hydrogen (secondary N) is 1. The number of hydrogen-bond donors (Lipinski definition) is 2. The summed E-state index contributed by atoms with van der Waals surface area (Å²) in [5.41, 5.74) is 2.06. The quantitative estimate of drug-likeness (QED) is 0.896. The second-order valence-electron chi connectivity index (χ2n) is 5.66. The predicted molar refractivity (Wildman–Crippen MR) is 80.4 cm³/mol. The van der Waals surface area contributed by atoms with Gasteiger partial charge in [0.25, 0.3) is 0 Å². The molecule has 108 valence electrons. The van der Waals surface area contributed by atoms with Crippen LogP contribution in [0.25, 0.3) is 10.9 Å². The molecular formula is C15H21N3O2. The lowest BCUT2D eigenvalue weighted by Crippen LogP contribution is -2.11. The summed E-state index contributed by atoms with van der Waals surface area (Å²) in [5, 5.41) is 12.7. The van der Waals surface area contributed by atoms with Gasteiger partial charge >= 0.3 is 0 Å². The fourth-order valence-corrected chi connectivity index (χ4v) is 1.93. The Kier molecular flexibility index (Phi) is 4.09. The lowest BCUT2D eigenvalue weighted by molar-refractivity contribution is 0.198. The molecule has 0 radical (unpaired) electrons. The number of nitrogens with zero attached hydrogens (tertiary/aromatic N) is 2. The summed E-state index contributed by atoms with van der Waals surface area (Å²) in [6.45, 7) is 6.65. The third kappa shape index (κ3) is 2.99. The summed E-state index contributed by atoms with van der Waals surface area (Å²) in [5.74, 6) is 1.01. The average Bonchev–Trinajstić information content (AvgIpc) is 2.42. The number of fused-ring (bicyclic) bond motifs is 1. The van der Waals surface area contributed by atoms with Gasteiger partial charge < -0.3 is 15.2 Å². The maximum Gasteiger partial charge on any atom is 0.226 e. The van der Waals surface area contributed by atoms with Crippen LogP contribution in [0.2, 0.25) is 0 Å². The van der Waals surface area contributed by atoms with Gasteiger partial charge in [-0.1, -0.05) is 26.8 Å². The lowest BCUT2D eigenvalue weighted by atomic mass is 9.86. The number of benzene rings is 1. The zero-order valence-electron chi connectivity index (χ0n) is 12.4. The Bertz CT molecular complexity index is 606. The maximum atomic E-state index is 8.93. The molecule has 1 aromatic heterocycles. The second kappa shape index (κ2) is 5.63. The van der Waals surface area contributed by atoms with E-state index in [0.29, 0.717) is 11.8 Å². The number of aromatic nitrogens is 2. The summed E-state index contributed by atoms with van der Waals surface area (Å²) in [6, 6.07) is 6.11. The average molecular weight is 275 g/mol. The first-order valence-electron chi connectivity index (χ1n) is 6.69. The van der Waals surface area contributed by atoms with Crippen molar-refractivity contribution < 1.29 is 9.84 Å². The molecule has 2 rings (SSSR count). The monoisotopic (exact) mass is 275 g/mol. The van der Waals surface area contributed by atoms with Crippen molar-refractivity contribution in [2.45, 2.75) is 26.2 Å². The van der Waals surface area contributed by atoms with Crippen LogP contribution in [0.15, 0.2) is 18.2 Å². The van der Waals surface area contributed by atoms with Crippen LogP contribution >= 0.6 is 0 Å². The van der Waals surface area contributed by atoms with Gasteiger partial charge in [-0.3, -0.25) is 0 Å². The van der Waals surface area contributed by atoms with E-state index in [1.54, 1.807) is 7.05 Å². The highest BCUT2D eigenvalue weighted by Gasteiger charge is 2.16. The van der Waals surface area contributed by atoms with E-state index in [-0.39, 0.29) is 18.6 Å². The van der Waals surface area contributed by atoms with E-state index in [0.717, 1.165) is 10.9 Å². The van der Waals surface area contributed by atoms with Crippen molar-refractivity contribution in [3.63, 3.8) is 0 Å². The molecule has 0 saturated heterocycles. The van der Waals surface area contributed by atoms with Crippen LogP contribution < -0.4 is 10.1 Å². The number of ether oxygens (including phenoxy) is 1. The van der Waals surface area contributed by atoms with Gasteiger partial charge in [-0.25, -0.2) is 4.98 Å². The minimum absolute atomic E-state index is 0.0423. The predicted octanol–water partition coefficient (Wildman–Crippen LogP) is 2.34. The summed E-state index contributed by atoms with van der Waals surface area (Å²) < 4.78 is 5.54. The topological polar surface area (TPSA) is 67.3 Å². The van der Waals surface area contributed by atoms with Crippen molar-refractivity contribution >= 4 is 16.9 Å². The van der Waals surface area contributed by atoms with E-state index in [1.165, 1.54) is 5.56 Å². The molecule has 0 fully saturated rings. The van der Waals surface area contributed by atoms with Crippen molar-refractivity contribution in [2.75, 3.05) is 25.6 Å². The molecule has 1 aromatic carbocycles. The smallest absolute Gasteiger partial charge is 0.226 e. The zero-order chi connectivity index (χ0) is 14.8. The van der Waals surface area contributed by atoms with E-state index in [4.69, 9.17) is 9.84 Å². The van der Waals surface area contributed by atoms with Gasteiger partial charge in [-0.05, 0) is 23.1 Å². The van der Waals surface area contributed by atoms with Crippen molar-refractivity contribution in [2.24, 2.45) is 0 Å². The van der Waals surface area contributed by atoms with Crippen molar-refractivity contribution in [1.82, 2.24) is 9.97 Å². The second-order valence-corrected chi connectivity index (χ2v) is 5.66. The molecule has 0 atom stereocenters. The Morgan fingerprint density at radius 2 is 2.00 bits per heavy atom. The molecule has 0 spiro atoms. The Morgan fingerprint density at radius 1 is 1.25 bits per heavy atom. The van der Waals surface area contributed by atoms with Crippen LogP contribution in [-0.2, 0) is 5.41 Å². The van der Waals surface area contributed by atoms with Gasteiger partial charge in [-0.15, -0.1) is 0 Å². The molecule has 0 amide bonds. The Balaban J connectivity index is 2.59. The molecule has 0 saturated carbocycles. The Hall–Kier alpha value is -1.88. The number of rotatable bonds is 4. The zero-order valence-corrected chi connectivity index (χ0v) is 12.4. The van der Waals surface area contributed by atoms with Gasteiger partial charge in [0.05, 0.1) is 17.5 Å². The van der Waals surface area contributed by atoms with E-state index in [9.17, 15) is 0 Å². The van der Waals surface area contributed by atoms with E-state index < -0.39 is 0 Å². The molecular weight excluding hydrogens is 254 g/mol. The summed E-state index contributed by atoms with van der Waals surface area (Å²) in [7, 11) is 1.76. The summed E-state index contributed by atoms with van der Waals surface area (Å²) in [4.78, 5) is 8.75. The normalized spacial score (nSPS) is 11.7. The summed E-state index contributed by atoms with van der Waals surface area (Å²) in [6.07, 6.45) is 0. The van der Waals surface area contributed by atoms with Crippen LogP contribution in [0.4, 0.5) is 5.95 Å². The van der Waals surface area contributed by atoms with Crippen LogP contribution in [0, 0.1) is 0 Å². The largest absolute Gasteiger partial charge is 0.475 e. The van der Waals surface area contributed by atoms with Gasteiger partial charge in [0.1, 0.15) is 6.61 Å². The molecule has 0 aliphatic carbocycles. The Morgan fingerprint density at radius 3 is 2.60 bits per heavy atom. The summed E-state index contributed by atoms with van der Waals surface area (Å²) >= 11 is 0. The molecule has 2 aromatic rings. The third-order valence-electron chi connectivity index (χ3n) is 3.08. The first-order chi connectivity index (χ1) is 9.45. The fourth-order valence-electron chi connectivity index (χ4n) is 1.93. The molecule has 0 bridgehead atoms. The number of anilines is 1. The standard InChI is InChI=1S/C15H21N3O2/c1-15(2,3)10-5-6-12-11(9-10)13(20-8-7-19)18-14(16-4)17-12/h5-6,9,19H,7-8H2,1-4H3,(H,16,17,18). The van der Waals surface area contributed by atoms with Crippen molar-refractivity contribution in [3.8, 4) is 5.88 Å². The molecule has 0 aliphatic rings. The molecule has 1 heterocycles. The molecule has 20 heavy (non-hydrogen) atoms. The van der Waals surface area contributed by atoms with Gasteiger partial charge in [-0.2, -0.15) is 4.98 Å². The maximum absolute atomic E-state index is 8.93. The molecule has 2 N–H and O–H groups in total. The van der Waals surface area contributed by atoms with Crippen molar-refractivity contribution in [3.05, 3.63) is 23.8 Å². The van der Waals surface area contributed by atoms with E-state index >= 15 is 0 Å². The fraction of sp³-hybridized carbons (Fsp3) is 0.467. The number of aliphatic hydroxyl groups is 1. The Labute approximate surface area is 119 Å². The minimum atomic E-state index is -0.0423.